The number of benzene rings is 1. The summed E-state index contributed by atoms with van der Waals surface area (Å²) < 4.78 is 19.6. The summed E-state index contributed by atoms with van der Waals surface area (Å²) in [6, 6.07) is 7.94. The molecule has 1 atom stereocenters. The van der Waals surface area contributed by atoms with Gasteiger partial charge in [0.25, 0.3) is 0 Å². The Labute approximate surface area is 126 Å². The van der Waals surface area contributed by atoms with Gasteiger partial charge in [0.05, 0.1) is 13.2 Å². The van der Waals surface area contributed by atoms with Crippen LogP contribution in [0.2, 0.25) is 0 Å². The third-order valence-electron chi connectivity index (χ3n) is 3.30. The molecular weight excluding hydrogens is 274 g/mol. The van der Waals surface area contributed by atoms with Crippen molar-refractivity contribution >= 4 is 12.0 Å². The zero-order valence-electron chi connectivity index (χ0n) is 12.7. The van der Waals surface area contributed by atoms with Gasteiger partial charge in [-0.3, -0.25) is 0 Å². The van der Waals surface area contributed by atoms with E-state index in [2.05, 4.69) is 19.2 Å². The quantitative estimate of drug-likeness (QED) is 0.541. The van der Waals surface area contributed by atoms with Crippen molar-refractivity contribution in [1.82, 2.24) is 5.32 Å². The molecule has 4 nitrogen and oxygen atoms in total. The van der Waals surface area contributed by atoms with Crippen LogP contribution < -0.4 is 10.1 Å². The van der Waals surface area contributed by atoms with Gasteiger partial charge >= 0.3 is 0 Å². The van der Waals surface area contributed by atoms with Crippen LogP contribution in [0.25, 0.3) is 0 Å². The minimum atomic E-state index is -0.191. The Bertz CT molecular complexity index is 381. The maximum absolute atomic E-state index is 8.73. The van der Waals surface area contributed by atoms with Crippen molar-refractivity contribution in [2.45, 2.75) is 31.9 Å². The van der Waals surface area contributed by atoms with Crippen molar-refractivity contribution in [3.8, 4) is 5.75 Å². The summed E-state index contributed by atoms with van der Waals surface area (Å²) in [7, 11) is 3.38. The van der Waals surface area contributed by atoms with Crippen LogP contribution in [0.4, 0.5) is 0 Å². The smallest absolute Gasteiger partial charge is 0.118 e. The number of hydrogen-bond donors (Lipinski definition) is 2. The maximum Gasteiger partial charge on any atom is 0.118 e. The number of rotatable bonds is 9. The third kappa shape index (κ3) is 4.98. The van der Waals surface area contributed by atoms with E-state index in [9.17, 15) is 0 Å². The number of nitrogens with one attached hydrogen (secondary N) is 1. The van der Waals surface area contributed by atoms with E-state index in [1.54, 1.807) is 14.2 Å². The summed E-state index contributed by atoms with van der Waals surface area (Å²) in [5.41, 5.74) is 0.922. The summed E-state index contributed by atoms with van der Waals surface area (Å²) in [5.74, 6) is 1.58. The fraction of sp³-hybridized carbons (Fsp3) is 0.600. The highest BCUT2D eigenvalue weighted by atomic mass is 32.2. The maximum atomic E-state index is 8.73. The number of ether oxygens (including phenoxy) is 2. The van der Waals surface area contributed by atoms with Gasteiger partial charge in [-0.1, -0.05) is 12.1 Å². The van der Waals surface area contributed by atoms with Crippen molar-refractivity contribution < 1.29 is 14.0 Å². The lowest BCUT2D eigenvalue weighted by Crippen LogP contribution is -2.46. The molecule has 0 aromatic heterocycles. The predicted molar refractivity (Wildman–Crippen MR) is 84.5 cm³/mol. The summed E-state index contributed by atoms with van der Waals surface area (Å²) >= 11 is 0.882. The molecule has 20 heavy (non-hydrogen) atoms. The molecule has 2 N–H and O–H groups in total. The van der Waals surface area contributed by atoms with Gasteiger partial charge in [-0.2, -0.15) is 0 Å². The molecule has 0 aliphatic heterocycles. The van der Waals surface area contributed by atoms with Gasteiger partial charge in [-0.25, -0.2) is 0 Å². The van der Waals surface area contributed by atoms with Crippen LogP contribution in [0.1, 0.15) is 31.9 Å². The first-order valence-electron chi connectivity index (χ1n) is 6.73. The lowest BCUT2D eigenvalue weighted by molar-refractivity contribution is 0.0314. The van der Waals surface area contributed by atoms with Gasteiger partial charge in [0, 0.05) is 18.4 Å². The van der Waals surface area contributed by atoms with Crippen LogP contribution in [-0.4, -0.2) is 36.6 Å². The van der Waals surface area contributed by atoms with Gasteiger partial charge in [-0.15, -0.1) is 0 Å². The average molecular weight is 299 g/mol. The second-order valence-corrected chi connectivity index (χ2v) is 5.89. The monoisotopic (exact) mass is 299 g/mol. The Hall–Kier alpha value is -0.750. The molecule has 1 rings (SSSR count). The van der Waals surface area contributed by atoms with Crippen molar-refractivity contribution in [1.29, 1.82) is 0 Å². The van der Waals surface area contributed by atoms with Gasteiger partial charge in [0.2, 0.25) is 0 Å². The third-order valence-corrected chi connectivity index (χ3v) is 3.77. The van der Waals surface area contributed by atoms with Crippen molar-refractivity contribution in [2.24, 2.45) is 0 Å². The van der Waals surface area contributed by atoms with E-state index in [-0.39, 0.29) is 11.6 Å². The van der Waals surface area contributed by atoms with E-state index >= 15 is 0 Å². The molecule has 0 saturated heterocycles. The predicted octanol–water partition coefficient (Wildman–Crippen LogP) is 3.35. The molecule has 0 radical (unpaired) electrons. The lowest BCUT2D eigenvalue weighted by atomic mass is 9.91. The highest BCUT2D eigenvalue weighted by molar-refractivity contribution is 7.93. The molecule has 0 amide bonds. The van der Waals surface area contributed by atoms with Gasteiger partial charge < -0.3 is 19.3 Å². The highest BCUT2D eigenvalue weighted by Crippen LogP contribution is 2.30. The molecule has 0 saturated carbocycles. The molecule has 0 aliphatic carbocycles. The highest BCUT2D eigenvalue weighted by Gasteiger charge is 2.30. The Morgan fingerprint density at radius 3 is 2.40 bits per heavy atom. The van der Waals surface area contributed by atoms with E-state index in [0.29, 0.717) is 0 Å². The Kier molecular flexibility index (Phi) is 7.37. The molecule has 0 bridgehead atoms. The first-order chi connectivity index (χ1) is 9.55. The van der Waals surface area contributed by atoms with E-state index in [0.717, 1.165) is 42.1 Å². The molecule has 0 heterocycles. The Morgan fingerprint density at radius 2 is 1.90 bits per heavy atom. The van der Waals surface area contributed by atoms with Crippen LogP contribution in [0.15, 0.2) is 24.3 Å². The van der Waals surface area contributed by atoms with Crippen LogP contribution in [0, 0.1) is 0 Å². The van der Waals surface area contributed by atoms with E-state index in [4.69, 9.17) is 14.0 Å². The topological polar surface area (TPSA) is 50.7 Å². The average Bonchev–Trinajstić information content (AvgIpc) is 2.45. The molecular formula is C15H25NO3S. The zero-order chi connectivity index (χ0) is 15.0. The van der Waals surface area contributed by atoms with Crippen LogP contribution in [0.3, 0.4) is 0 Å². The SMILES string of the molecule is COc1ccc(C(OC)C(C)(C)NCCCSO)cc1. The van der Waals surface area contributed by atoms with Gasteiger partial charge in [-0.05, 0) is 56.6 Å². The second-order valence-electron chi connectivity index (χ2n) is 5.22. The summed E-state index contributed by atoms with van der Waals surface area (Å²) in [4.78, 5) is 0. The minimum Gasteiger partial charge on any atom is -0.497 e. The van der Waals surface area contributed by atoms with Gasteiger partial charge in [0.1, 0.15) is 5.75 Å². The summed E-state index contributed by atoms with van der Waals surface area (Å²) in [5, 5.41) is 3.49. The van der Waals surface area contributed by atoms with Crippen molar-refractivity contribution in [3.63, 3.8) is 0 Å². The normalized spacial score (nSPS) is 13.2. The molecule has 1 aromatic carbocycles. The van der Waals surface area contributed by atoms with Crippen molar-refractivity contribution in [2.75, 3.05) is 26.5 Å². The summed E-state index contributed by atoms with van der Waals surface area (Å²) in [6.45, 7) is 5.09. The fourth-order valence-electron chi connectivity index (χ4n) is 2.27. The number of hydrogen-bond acceptors (Lipinski definition) is 5. The number of methoxy groups -OCH3 is 2. The minimum absolute atomic E-state index is 0.0461. The molecule has 1 unspecified atom stereocenters. The second kappa shape index (κ2) is 8.52. The van der Waals surface area contributed by atoms with E-state index in [1.807, 2.05) is 24.3 Å². The molecule has 1 aromatic rings. The van der Waals surface area contributed by atoms with E-state index in [1.165, 1.54) is 0 Å². The Morgan fingerprint density at radius 1 is 1.25 bits per heavy atom. The van der Waals surface area contributed by atoms with Crippen molar-refractivity contribution in [3.05, 3.63) is 29.8 Å². The molecule has 0 spiro atoms. The lowest BCUT2D eigenvalue weighted by Gasteiger charge is -2.35. The molecule has 5 heteroatoms. The van der Waals surface area contributed by atoms with E-state index < -0.39 is 0 Å². The van der Waals surface area contributed by atoms with Crippen LogP contribution in [-0.2, 0) is 4.74 Å². The fourth-order valence-corrected chi connectivity index (χ4v) is 2.54. The first kappa shape index (κ1) is 17.3. The first-order valence-corrected chi connectivity index (χ1v) is 7.67. The molecule has 0 fully saturated rings. The Balaban J connectivity index is 2.70. The van der Waals surface area contributed by atoms with Crippen LogP contribution in [0.5, 0.6) is 5.75 Å². The molecule has 114 valence electrons. The molecule has 0 aliphatic rings. The van der Waals surface area contributed by atoms with Gasteiger partial charge in [0.15, 0.2) is 0 Å². The largest absolute Gasteiger partial charge is 0.497 e. The summed E-state index contributed by atoms with van der Waals surface area (Å²) in [6.07, 6.45) is 0.874. The zero-order valence-corrected chi connectivity index (χ0v) is 13.5. The standard InChI is InChI=1S/C15H25NO3S/c1-15(2,16-10-5-11-20-17)14(19-4)12-6-8-13(18-3)9-7-12/h6-9,14,16-17H,5,10-11H2,1-4H3. The van der Waals surface area contributed by atoms with Crippen LogP contribution >= 0.6 is 12.0 Å².